The van der Waals surface area contributed by atoms with Crippen LogP contribution in [0.2, 0.25) is 0 Å². The van der Waals surface area contributed by atoms with E-state index in [1.807, 2.05) is 0 Å². The Hall–Kier alpha value is -1.01. The second-order valence-electron chi connectivity index (χ2n) is 2.33. The third kappa shape index (κ3) is 4.88. The summed E-state index contributed by atoms with van der Waals surface area (Å²) in [4.78, 5) is 30.5. The number of carbonyl (C=O) groups is 3. The van der Waals surface area contributed by atoms with Crippen LogP contribution in [0, 0.1) is 5.92 Å². The molecule has 76 valence electrons. The summed E-state index contributed by atoms with van der Waals surface area (Å²) in [7, 11) is 0. The Kier molecular flexibility index (Phi) is 7.12. The van der Waals surface area contributed by atoms with Gasteiger partial charge in [0.15, 0.2) is 6.10 Å². The van der Waals surface area contributed by atoms with E-state index in [-0.39, 0.29) is 19.5 Å². The van der Waals surface area contributed by atoms with Gasteiger partial charge in [-0.2, -0.15) is 0 Å². The molecule has 0 amide bonds. The molecule has 4 N–H and O–H groups in total. The zero-order chi connectivity index (χ0) is 10.6. The van der Waals surface area contributed by atoms with Crippen molar-refractivity contribution < 1.29 is 54.3 Å². The fraction of sp³-hybridized carbons (Fsp3) is 0.500. The van der Waals surface area contributed by atoms with Gasteiger partial charge in [-0.15, -0.1) is 0 Å². The van der Waals surface area contributed by atoms with Crippen molar-refractivity contribution in [2.75, 3.05) is 0 Å². The molecule has 0 aromatic heterocycles. The van der Waals surface area contributed by atoms with Crippen LogP contribution < -0.4 is 0 Å². The first-order valence-electron chi connectivity index (χ1n) is 3.21. The summed E-state index contributed by atoms with van der Waals surface area (Å²) >= 11 is 0. The predicted octanol–water partition coefficient (Wildman–Crippen LogP) is -1.40. The Labute approximate surface area is 91.1 Å². The summed E-state index contributed by atoms with van der Waals surface area (Å²) in [5.41, 5.74) is 0. The Morgan fingerprint density at radius 2 is 1.43 bits per heavy atom. The van der Waals surface area contributed by atoms with E-state index in [0.29, 0.717) is 0 Å². The largest absolute Gasteiger partial charge is 0.481 e. The first-order valence-corrected chi connectivity index (χ1v) is 3.21. The van der Waals surface area contributed by atoms with Gasteiger partial charge >= 0.3 is 17.9 Å². The number of carboxylic acid groups (broad SMARTS) is 3. The minimum Gasteiger partial charge on any atom is -0.481 e. The fourth-order valence-electron chi connectivity index (χ4n) is 0.694. The maximum absolute atomic E-state index is 10.3. The number of aliphatic hydroxyl groups excluding tert-OH is 1. The number of hydrogen-bond acceptors (Lipinski definition) is 4. The molecule has 0 aliphatic rings. The normalized spacial score (nSPS) is 13.5. The second kappa shape index (κ2) is 6.45. The molecule has 8 heteroatoms. The molecule has 0 bridgehead atoms. The van der Waals surface area contributed by atoms with E-state index in [2.05, 4.69) is 0 Å². The van der Waals surface area contributed by atoms with Crippen LogP contribution in [-0.2, 0) is 33.9 Å². The van der Waals surface area contributed by atoms with Crippen molar-refractivity contribution in [2.24, 2.45) is 5.92 Å². The van der Waals surface area contributed by atoms with Crippen molar-refractivity contribution in [3.8, 4) is 0 Å². The Morgan fingerprint density at radius 1 is 1.00 bits per heavy atom. The maximum Gasteiger partial charge on any atom is 0.333 e. The quantitative estimate of drug-likeness (QED) is 0.445. The molecule has 0 aromatic carbocycles. The summed E-state index contributed by atoms with van der Waals surface area (Å²) in [6, 6.07) is 0. The van der Waals surface area contributed by atoms with Gasteiger partial charge in [0.25, 0.3) is 0 Å². The molecule has 0 rings (SSSR count). The molecule has 0 fully saturated rings. The monoisotopic (exact) mass is 256 g/mol. The first-order chi connectivity index (χ1) is 5.86. The molecule has 0 saturated carbocycles. The average molecular weight is 258 g/mol. The number of aliphatic carboxylic acids is 3. The van der Waals surface area contributed by atoms with Crippen LogP contribution >= 0.6 is 0 Å². The third-order valence-electron chi connectivity index (χ3n) is 1.35. The summed E-state index contributed by atoms with van der Waals surface area (Å²) in [5, 5.41) is 33.5. The van der Waals surface area contributed by atoms with Crippen molar-refractivity contribution in [1.29, 1.82) is 0 Å². The van der Waals surface area contributed by atoms with Crippen molar-refractivity contribution in [2.45, 2.75) is 12.5 Å². The molecule has 0 spiro atoms. The van der Waals surface area contributed by atoms with Gasteiger partial charge in [-0.25, -0.2) is 4.79 Å². The van der Waals surface area contributed by atoms with Crippen LogP contribution in [-0.4, -0.2) is 44.4 Å². The van der Waals surface area contributed by atoms with E-state index < -0.39 is 36.4 Å². The van der Waals surface area contributed by atoms with Crippen molar-refractivity contribution in [3.05, 3.63) is 0 Å². The van der Waals surface area contributed by atoms with Gasteiger partial charge in [0.2, 0.25) is 0 Å². The van der Waals surface area contributed by atoms with E-state index >= 15 is 0 Å². The molecule has 0 heterocycles. The number of rotatable bonds is 5. The minimum absolute atomic E-state index is 0. The zero-order valence-corrected chi connectivity index (χ0v) is 10.0. The van der Waals surface area contributed by atoms with Crippen molar-refractivity contribution in [3.63, 3.8) is 0 Å². The molecule has 2 atom stereocenters. The van der Waals surface area contributed by atoms with Gasteiger partial charge in [-0.3, -0.25) is 9.59 Å². The first kappa shape index (κ1) is 15.5. The molecule has 2 unspecified atom stereocenters. The van der Waals surface area contributed by atoms with Crippen LogP contribution in [0.25, 0.3) is 0 Å². The van der Waals surface area contributed by atoms with E-state index in [1.54, 1.807) is 0 Å². The fourth-order valence-corrected chi connectivity index (χ4v) is 0.694. The number of carboxylic acids is 3. The molecule has 0 aliphatic heterocycles. The average Bonchev–Trinajstić information content (AvgIpc) is 1.97. The topological polar surface area (TPSA) is 132 Å². The summed E-state index contributed by atoms with van der Waals surface area (Å²) in [5.74, 6) is -6.71. The number of hydrogen-bond donors (Lipinski definition) is 4. The number of aliphatic hydroxyl groups is 1. The van der Waals surface area contributed by atoms with Gasteiger partial charge in [0.1, 0.15) is 5.92 Å². The van der Waals surface area contributed by atoms with E-state index in [1.165, 1.54) is 0 Å². The Morgan fingerprint density at radius 3 is 1.64 bits per heavy atom. The van der Waals surface area contributed by atoms with Crippen LogP contribution in [0.1, 0.15) is 6.42 Å². The summed E-state index contributed by atoms with van der Waals surface area (Å²) < 4.78 is 0. The molecular formula is C6H8O7Zn. The summed E-state index contributed by atoms with van der Waals surface area (Å²) in [6.07, 6.45) is -3.13. The Balaban J connectivity index is 0. The van der Waals surface area contributed by atoms with Crippen LogP contribution in [0.4, 0.5) is 0 Å². The molecule has 0 radical (unpaired) electrons. The smallest absolute Gasteiger partial charge is 0.333 e. The van der Waals surface area contributed by atoms with E-state index in [0.717, 1.165) is 0 Å². The van der Waals surface area contributed by atoms with Crippen LogP contribution in [0.15, 0.2) is 0 Å². The third-order valence-corrected chi connectivity index (χ3v) is 1.35. The van der Waals surface area contributed by atoms with Gasteiger partial charge in [0, 0.05) is 19.5 Å². The minimum atomic E-state index is -2.20. The molecule has 14 heavy (non-hydrogen) atoms. The molecule has 0 aromatic rings. The Bertz CT molecular complexity index is 238. The van der Waals surface area contributed by atoms with Crippen molar-refractivity contribution >= 4 is 17.9 Å². The van der Waals surface area contributed by atoms with Gasteiger partial charge in [0.05, 0.1) is 6.42 Å². The van der Waals surface area contributed by atoms with Crippen LogP contribution in [0.3, 0.4) is 0 Å². The van der Waals surface area contributed by atoms with Crippen molar-refractivity contribution in [1.82, 2.24) is 0 Å². The maximum atomic E-state index is 10.3. The van der Waals surface area contributed by atoms with Gasteiger partial charge in [-0.05, 0) is 0 Å². The molecule has 0 saturated heterocycles. The molecular weight excluding hydrogens is 249 g/mol. The van der Waals surface area contributed by atoms with E-state index in [9.17, 15) is 14.4 Å². The molecule has 0 aliphatic carbocycles. The summed E-state index contributed by atoms with van der Waals surface area (Å²) in [6.45, 7) is 0. The van der Waals surface area contributed by atoms with E-state index in [4.69, 9.17) is 20.4 Å². The standard InChI is InChI=1S/C6H8O7.Zn/c7-3(8)1-2(5(10)11)4(9)6(12)13;/h2,4,9H,1H2,(H,7,8)(H,10,11)(H,12,13);. The van der Waals surface area contributed by atoms with Gasteiger partial charge < -0.3 is 20.4 Å². The zero-order valence-electron chi connectivity index (χ0n) is 7.08. The SMILES string of the molecule is O=C(O)CC(C(=O)O)C(O)C(=O)O.[Zn]. The molecule has 7 nitrogen and oxygen atoms in total. The van der Waals surface area contributed by atoms with Crippen LogP contribution in [0.5, 0.6) is 0 Å². The second-order valence-corrected chi connectivity index (χ2v) is 2.33. The predicted molar refractivity (Wildman–Crippen MR) is 37.0 cm³/mol. The van der Waals surface area contributed by atoms with Gasteiger partial charge in [-0.1, -0.05) is 0 Å².